The number of aliphatic hydroxyl groups is 1. The van der Waals surface area contributed by atoms with E-state index in [1.165, 1.54) is 0 Å². The Morgan fingerprint density at radius 3 is 2.72 bits per heavy atom. The van der Waals surface area contributed by atoms with Crippen LogP contribution >= 0.6 is 0 Å². The van der Waals surface area contributed by atoms with E-state index >= 15 is 0 Å². The zero-order valence-corrected chi connectivity index (χ0v) is 10.3. The molecule has 96 valence electrons. The van der Waals surface area contributed by atoms with Gasteiger partial charge < -0.3 is 14.0 Å². The van der Waals surface area contributed by atoms with Gasteiger partial charge in [-0.15, -0.1) is 0 Å². The number of hydrogen-bond donors (Lipinski definition) is 1. The lowest BCUT2D eigenvalue weighted by molar-refractivity contribution is 0.116. The van der Waals surface area contributed by atoms with Gasteiger partial charge in [-0.3, -0.25) is 0 Å². The van der Waals surface area contributed by atoms with E-state index in [0.29, 0.717) is 17.5 Å². The second-order valence-corrected chi connectivity index (χ2v) is 4.89. The number of aliphatic hydroxyl groups excluding tert-OH is 1. The van der Waals surface area contributed by atoms with Crippen molar-refractivity contribution in [2.45, 2.75) is 44.6 Å². The summed E-state index contributed by atoms with van der Waals surface area (Å²) in [5, 5.41) is 13.5. The monoisotopic (exact) mass is 248 g/mol. The van der Waals surface area contributed by atoms with Crippen molar-refractivity contribution in [1.82, 2.24) is 10.1 Å². The molecule has 2 aromatic rings. The van der Waals surface area contributed by atoms with E-state index in [9.17, 15) is 5.11 Å². The maximum absolute atomic E-state index is 9.48. The molecule has 2 heterocycles. The zero-order chi connectivity index (χ0) is 12.5. The summed E-state index contributed by atoms with van der Waals surface area (Å²) in [7, 11) is 0. The van der Waals surface area contributed by atoms with Crippen molar-refractivity contribution in [3.05, 3.63) is 23.8 Å². The Morgan fingerprint density at radius 1 is 1.28 bits per heavy atom. The third-order valence-corrected chi connectivity index (χ3v) is 3.55. The molecule has 0 saturated heterocycles. The van der Waals surface area contributed by atoms with E-state index in [1.807, 2.05) is 13.0 Å². The first-order chi connectivity index (χ1) is 8.74. The summed E-state index contributed by atoms with van der Waals surface area (Å²) < 4.78 is 10.7. The molecule has 1 fully saturated rings. The molecule has 0 aromatic carbocycles. The Morgan fingerprint density at radius 2 is 2.06 bits per heavy atom. The Bertz CT molecular complexity index is 524. The molecule has 1 aliphatic rings. The first-order valence-electron chi connectivity index (χ1n) is 6.30. The average molecular weight is 248 g/mol. The molecule has 0 aliphatic heterocycles. The molecule has 18 heavy (non-hydrogen) atoms. The molecule has 3 rings (SSSR count). The molecule has 5 heteroatoms. The standard InChI is InChI=1S/C13H16N2O3/c1-8-6-7-17-11(8)12-14-13(18-15-12)9-2-4-10(16)5-3-9/h6-7,9-10,16H,2-5H2,1H3. The second kappa shape index (κ2) is 4.57. The number of aromatic nitrogens is 2. The van der Waals surface area contributed by atoms with Crippen molar-refractivity contribution in [3.63, 3.8) is 0 Å². The zero-order valence-electron chi connectivity index (χ0n) is 10.3. The van der Waals surface area contributed by atoms with Crippen molar-refractivity contribution >= 4 is 0 Å². The van der Waals surface area contributed by atoms with Gasteiger partial charge in [0.1, 0.15) is 0 Å². The fourth-order valence-electron chi connectivity index (χ4n) is 2.42. The second-order valence-electron chi connectivity index (χ2n) is 4.89. The minimum Gasteiger partial charge on any atom is -0.461 e. The van der Waals surface area contributed by atoms with E-state index in [2.05, 4.69) is 10.1 Å². The molecule has 5 nitrogen and oxygen atoms in total. The predicted octanol–water partition coefficient (Wildman–Crippen LogP) is 2.66. The third-order valence-electron chi connectivity index (χ3n) is 3.55. The van der Waals surface area contributed by atoms with Crippen LogP contribution in [-0.2, 0) is 0 Å². The first-order valence-corrected chi connectivity index (χ1v) is 6.30. The average Bonchev–Trinajstić information content (AvgIpc) is 2.98. The van der Waals surface area contributed by atoms with Gasteiger partial charge in [0.05, 0.1) is 12.4 Å². The number of hydrogen-bond acceptors (Lipinski definition) is 5. The summed E-state index contributed by atoms with van der Waals surface area (Å²) >= 11 is 0. The summed E-state index contributed by atoms with van der Waals surface area (Å²) in [4.78, 5) is 4.41. The molecule has 1 saturated carbocycles. The topological polar surface area (TPSA) is 72.3 Å². The molecule has 0 unspecified atom stereocenters. The summed E-state index contributed by atoms with van der Waals surface area (Å²) in [6.07, 6.45) is 4.87. The Kier molecular flexibility index (Phi) is 2.91. The summed E-state index contributed by atoms with van der Waals surface area (Å²) in [5.74, 6) is 2.11. The van der Waals surface area contributed by atoms with Crippen LogP contribution in [0, 0.1) is 6.92 Å². The van der Waals surface area contributed by atoms with Gasteiger partial charge in [-0.2, -0.15) is 4.98 Å². The van der Waals surface area contributed by atoms with Crippen LogP contribution in [0.1, 0.15) is 43.1 Å². The number of aryl methyl sites for hydroxylation is 1. The normalized spacial score (nSPS) is 24.3. The minimum absolute atomic E-state index is 0.170. The largest absolute Gasteiger partial charge is 0.461 e. The van der Waals surface area contributed by atoms with Crippen LogP contribution < -0.4 is 0 Å². The summed E-state index contributed by atoms with van der Waals surface area (Å²) in [6, 6.07) is 1.88. The van der Waals surface area contributed by atoms with E-state index < -0.39 is 0 Å². The molecule has 1 N–H and O–H groups in total. The lowest BCUT2D eigenvalue weighted by atomic mass is 9.87. The van der Waals surface area contributed by atoms with Crippen LogP contribution in [0.2, 0.25) is 0 Å². The van der Waals surface area contributed by atoms with Gasteiger partial charge in [0.2, 0.25) is 11.7 Å². The molecule has 2 aromatic heterocycles. The summed E-state index contributed by atoms with van der Waals surface area (Å²) in [6.45, 7) is 1.95. The summed E-state index contributed by atoms with van der Waals surface area (Å²) in [5.41, 5.74) is 1.00. The highest BCUT2D eigenvalue weighted by molar-refractivity contribution is 5.51. The molecule has 0 atom stereocenters. The van der Waals surface area contributed by atoms with Crippen LogP contribution in [0.4, 0.5) is 0 Å². The van der Waals surface area contributed by atoms with Crippen LogP contribution in [0.25, 0.3) is 11.6 Å². The van der Waals surface area contributed by atoms with Crippen LogP contribution in [0.5, 0.6) is 0 Å². The molecular formula is C13H16N2O3. The van der Waals surface area contributed by atoms with E-state index in [1.54, 1.807) is 6.26 Å². The lowest BCUT2D eigenvalue weighted by Crippen LogP contribution is -2.17. The van der Waals surface area contributed by atoms with Gasteiger partial charge in [-0.05, 0) is 44.2 Å². The minimum atomic E-state index is -0.170. The fourth-order valence-corrected chi connectivity index (χ4v) is 2.42. The van der Waals surface area contributed by atoms with Crippen molar-refractivity contribution in [1.29, 1.82) is 0 Å². The van der Waals surface area contributed by atoms with Crippen molar-refractivity contribution in [2.24, 2.45) is 0 Å². The van der Waals surface area contributed by atoms with Gasteiger partial charge >= 0.3 is 0 Å². The fraction of sp³-hybridized carbons (Fsp3) is 0.538. The molecule has 0 amide bonds. The number of furan rings is 1. The van der Waals surface area contributed by atoms with Crippen molar-refractivity contribution in [2.75, 3.05) is 0 Å². The van der Waals surface area contributed by atoms with Gasteiger partial charge in [-0.25, -0.2) is 0 Å². The van der Waals surface area contributed by atoms with Crippen LogP contribution in [0.15, 0.2) is 21.3 Å². The van der Waals surface area contributed by atoms with E-state index in [4.69, 9.17) is 8.94 Å². The number of nitrogens with zero attached hydrogens (tertiary/aromatic N) is 2. The molecular weight excluding hydrogens is 232 g/mol. The highest BCUT2D eigenvalue weighted by atomic mass is 16.5. The Hall–Kier alpha value is -1.62. The van der Waals surface area contributed by atoms with Crippen LogP contribution in [-0.4, -0.2) is 21.4 Å². The smallest absolute Gasteiger partial charge is 0.238 e. The van der Waals surface area contributed by atoms with Gasteiger partial charge in [0.15, 0.2) is 5.76 Å². The van der Waals surface area contributed by atoms with Crippen LogP contribution in [0.3, 0.4) is 0 Å². The van der Waals surface area contributed by atoms with Gasteiger partial charge in [0, 0.05) is 5.92 Å². The number of rotatable bonds is 2. The Balaban J connectivity index is 1.80. The van der Waals surface area contributed by atoms with E-state index in [0.717, 1.165) is 31.2 Å². The van der Waals surface area contributed by atoms with Crippen molar-refractivity contribution in [3.8, 4) is 11.6 Å². The first kappa shape index (κ1) is 11.5. The Labute approximate surface area is 105 Å². The van der Waals surface area contributed by atoms with Crippen molar-refractivity contribution < 1.29 is 14.0 Å². The molecule has 0 spiro atoms. The SMILES string of the molecule is Cc1ccoc1-c1noc(C2CCC(O)CC2)n1. The molecule has 0 bridgehead atoms. The molecule has 0 radical (unpaired) electrons. The highest BCUT2D eigenvalue weighted by Crippen LogP contribution is 2.33. The lowest BCUT2D eigenvalue weighted by Gasteiger charge is -2.22. The van der Waals surface area contributed by atoms with E-state index in [-0.39, 0.29) is 12.0 Å². The quantitative estimate of drug-likeness (QED) is 0.884. The third kappa shape index (κ3) is 2.06. The van der Waals surface area contributed by atoms with Gasteiger partial charge in [-0.1, -0.05) is 5.16 Å². The van der Waals surface area contributed by atoms with Gasteiger partial charge in [0.25, 0.3) is 0 Å². The maximum atomic E-state index is 9.48. The molecule has 1 aliphatic carbocycles. The maximum Gasteiger partial charge on any atom is 0.238 e. The predicted molar refractivity (Wildman–Crippen MR) is 64.0 cm³/mol. The highest BCUT2D eigenvalue weighted by Gasteiger charge is 2.26.